The summed E-state index contributed by atoms with van der Waals surface area (Å²) in [7, 11) is -3.58. The summed E-state index contributed by atoms with van der Waals surface area (Å²) in [5.41, 5.74) is 0.522. The number of carbonyl (C=O) groups excluding carboxylic acids is 1. The molecule has 0 heterocycles. The van der Waals surface area contributed by atoms with Crippen molar-refractivity contribution in [1.29, 1.82) is 0 Å². The molecule has 0 fully saturated rings. The molecule has 2 aromatic carbocycles. The van der Waals surface area contributed by atoms with Gasteiger partial charge in [-0.2, -0.15) is 0 Å². The fourth-order valence-electron chi connectivity index (χ4n) is 2.76. The van der Waals surface area contributed by atoms with Crippen LogP contribution in [-0.4, -0.2) is 33.2 Å². The minimum Gasteiger partial charge on any atom is -0.352 e. The van der Waals surface area contributed by atoms with Crippen molar-refractivity contribution in [2.45, 2.75) is 32.7 Å². The molecule has 0 spiro atoms. The highest BCUT2D eigenvalue weighted by Gasteiger charge is 2.23. The number of benzene rings is 2. The molecule has 0 saturated heterocycles. The zero-order valence-electron chi connectivity index (χ0n) is 14.3. The van der Waals surface area contributed by atoms with Crippen molar-refractivity contribution in [3.63, 3.8) is 0 Å². The van der Waals surface area contributed by atoms with Gasteiger partial charge in [-0.05, 0) is 24.8 Å². The van der Waals surface area contributed by atoms with E-state index in [0.29, 0.717) is 5.69 Å². The maximum Gasteiger partial charge on any atom is 0.240 e. The lowest BCUT2D eigenvalue weighted by Crippen LogP contribution is -2.43. The van der Waals surface area contributed by atoms with Crippen molar-refractivity contribution in [3.8, 4) is 0 Å². The van der Waals surface area contributed by atoms with Gasteiger partial charge in [-0.25, -0.2) is 8.42 Å². The van der Waals surface area contributed by atoms with Crippen molar-refractivity contribution in [2.24, 2.45) is 0 Å². The lowest BCUT2D eigenvalue weighted by Gasteiger charge is -2.24. The van der Waals surface area contributed by atoms with Gasteiger partial charge in [-0.1, -0.05) is 49.7 Å². The van der Waals surface area contributed by atoms with E-state index in [-0.39, 0.29) is 18.5 Å². The molecule has 1 amide bonds. The molecule has 2 aromatic rings. The molecule has 1 N–H and O–H groups in total. The van der Waals surface area contributed by atoms with E-state index in [1.54, 1.807) is 12.1 Å². The van der Waals surface area contributed by atoms with Crippen LogP contribution < -0.4 is 9.62 Å². The zero-order valence-corrected chi connectivity index (χ0v) is 15.1. The number of hydrogen-bond donors (Lipinski definition) is 1. The molecule has 2 rings (SSSR count). The van der Waals surface area contributed by atoms with Gasteiger partial charge in [0.2, 0.25) is 15.9 Å². The van der Waals surface area contributed by atoms with Crippen LogP contribution in [0.3, 0.4) is 0 Å². The molecule has 0 aliphatic heterocycles. The number of fused-ring (bicyclic) bond motifs is 1. The van der Waals surface area contributed by atoms with Gasteiger partial charge in [-0.15, -0.1) is 0 Å². The summed E-state index contributed by atoms with van der Waals surface area (Å²) in [5, 5.41) is 4.60. The Bertz CT molecular complexity index is 813. The molecule has 0 unspecified atom stereocenters. The summed E-state index contributed by atoms with van der Waals surface area (Å²) in [5.74, 6) is -0.297. The molecule has 0 aliphatic carbocycles. The number of nitrogens with one attached hydrogen (secondary N) is 1. The Kier molecular flexibility index (Phi) is 5.83. The number of amides is 1. The van der Waals surface area contributed by atoms with Crippen LogP contribution in [0.5, 0.6) is 0 Å². The smallest absolute Gasteiger partial charge is 0.240 e. The van der Waals surface area contributed by atoms with E-state index in [9.17, 15) is 13.2 Å². The Morgan fingerprint density at radius 1 is 1.17 bits per heavy atom. The van der Waals surface area contributed by atoms with Crippen LogP contribution in [0.15, 0.2) is 42.5 Å². The van der Waals surface area contributed by atoms with E-state index in [2.05, 4.69) is 5.32 Å². The summed E-state index contributed by atoms with van der Waals surface area (Å²) in [6.45, 7) is 3.74. The second kappa shape index (κ2) is 7.66. The third-order valence-corrected chi connectivity index (χ3v) is 4.98. The van der Waals surface area contributed by atoms with Crippen LogP contribution in [0.2, 0.25) is 0 Å². The van der Waals surface area contributed by atoms with E-state index in [0.717, 1.165) is 29.9 Å². The Labute approximate surface area is 143 Å². The molecule has 0 aromatic heterocycles. The van der Waals surface area contributed by atoms with E-state index in [4.69, 9.17) is 0 Å². The molecule has 0 bridgehead atoms. The van der Waals surface area contributed by atoms with Gasteiger partial charge >= 0.3 is 0 Å². The minimum atomic E-state index is -3.58. The quantitative estimate of drug-likeness (QED) is 0.836. The average Bonchev–Trinajstić information content (AvgIpc) is 2.51. The number of nitrogens with zero attached hydrogens (tertiary/aromatic N) is 1. The monoisotopic (exact) mass is 348 g/mol. The highest BCUT2D eigenvalue weighted by molar-refractivity contribution is 7.92. The van der Waals surface area contributed by atoms with E-state index in [1.807, 2.05) is 44.2 Å². The van der Waals surface area contributed by atoms with Crippen molar-refractivity contribution in [3.05, 3.63) is 42.5 Å². The third kappa shape index (κ3) is 4.47. The van der Waals surface area contributed by atoms with Crippen LogP contribution in [-0.2, 0) is 14.8 Å². The first-order chi connectivity index (χ1) is 11.3. The largest absolute Gasteiger partial charge is 0.352 e. The van der Waals surface area contributed by atoms with Gasteiger partial charge in [0.15, 0.2) is 0 Å². The highest BCUT2D eigenvalue weighted by atomic mass is 32.2. The summed E-state index contributed by atoms with van der Waals surface area (Å²) in [6, 6.07) is 13.0. The first-order valence-electron chi connectivity index (χ1n) is 8.07. The van der Waals surface area contributed by atoms with Crippen LogP contribution in [0.1, 0.15) is 26.7 Å². The maximum atomic E-state index is 12.3. The molecule has 0 aliphatic rings. The lowest BCUT2D eigenvalue weighted by atomic mass is 10.1. The second-order valence-electron chi connectivity index (χ2n) is 6.03. The minimum absolute atomic E-state index is 0.0245. The predicted octanol–water partition coefficient (Wildman–Crippen LogP) is 2.91. The van der Waals surface area contributed by atoms with E-state index >= 15 is 0 Å². The third-order valence-electron chi connectivity index (χ3n) is 3.85. The molecular formula is C18H24N2O3S. The fourth-order valence-corrected chi connectivity index (χ4v) is 3.63. The van der Waals surface area contributed by atoms with Crippen molar-refractivity contribution in [2.75, 3.05) is 17.1 Å². The summed E-state index contributed by atoms with van der Waals surface area (Å²) in [4.78, 5) is 12.3. The predicted molar refractivity (Wildman–Crippen MR) is 98.7 cm³/mol. The first kappa shape index (κ1) is 18.3. The number of anilines is 1. The van der Waals surface area contributed by atoms with Gasteiger partial charge in [-0.3, -0.25) is 9.10 Å². The van der Waals surface area contributed by atoms with Crippen molar-refractivity contribution >= 4 is 32.4 Å². The van der Waals surface area contributed by atoms with Crippen LogP contribution in [0.25, 0.3) is 10.8 Å². The van der Waals surface area contributed by atoms with Gasteiger partial charge in [0.25, 0.3) is 0 Å². The summed E-state index contributed by atoms with van der Waals surface area (Å²) < 4.78 is 25.7. The summed E-state index contributed by atoms with van der Waals surface area (Å²) in [6.07, 6.45) is 2.94. The Morgan fingerprint density at radius 3 is 2.50 bits per heavy atom. The molecule has 0 saturated carbocycles. The van der Waals surface area contributed by atoms with Gasteiger partial charge in [0.05, 0.1) is 11.9 Å². The topological polar surface area (TPSA) is 66.5 Å². The van der Waals surface area contributed by atoms with E-state index < -0.39 is 10.0 Å². The molecule has 130 valence electrons. The Balaban J connectivity index is 2.34. The number of rotatable bonds is 7. The highest BCUT2D eigenvalue weighted by Crippen LogP contribution is 2.28. The SMILES string of the molecule is CCC[C@H](C)NC(=O)CN(c1cccc2ccccc12)S(C)(=O)=O. The first-order valence-corrected chi connectivity index (χ1v) is 9.92. The number of carbonyl (C=O) groups is 1. The number of hydrogen-bond acceptors (Lipinski definition) is 3. The van der Waals surface area contributed by atoms with Crippen molar-refractivity contribution in [1.82, 2.24) is 5.32 Å². The molecule has 0 radical (unpaired) electrons. The van der Waals surface area contributed by atoms with Crippen LogP contribution >= 0.6 is 0 Å². The van der Waals surface area contributed by atoms with Gasteiger partial charge in [0, 0.05) is 11.4 Å². The van der Waals surface area contributed by atoms with Gasteiger partial charge in [0.1, 0.15) is 6.54 Å². The molecule has 24 heavy (non-hydrogen) atoms. The fraction of sp³-hybridized carbons (Fsp3) is 0.389. The maximum absolute atomic E-state index is 12.3. The molecule has 5 nitrogen and oxygen atoms in total. The Hall–Kier alpha value is -2.08. The van der Waals surface area contributed by atoms with Crippen LogP contribution in [0.4, 0.5) is 5.69 Å². The Morgan fingerprint density at radius 2 is 1.83 bits per heavy atom. The molecular weight excluding hydrogens is 324 g/mol. The second-order valence-corrected chi connectivity index (χ2v) is 7.93. The van der Waals surface area contributed by atoms with E-state index in [1.165, 1.54) is 4.31 Å². The van der Waals surface area contributed by atoms with Crippen molar-refractivity contribution < 1.29 is 13.2 Å². The average molecular weight is 348 g/mol. The molecule has 1 atom stereocenters. The normalized spacial score (nSPS) is 12.8. The molecule has 6 heteroatoms. The number of sulfonamides is 1. The lowest BCUT2D eigenvalue weighted by molar-refractivity contribution is -0.120. The summed E-state index contributed by atoms with van der Waals surface area (Å²) >= 11 is 0. The standard InChI is InChI=1S/C18H24N2O3S/c1-4-8-14(2)19-18(21)13-20(24(3,22)23)17-12-7-10-15-9-5-6-11-16(15)17/h5-7,9-12,14H,4,8,13H2,1-3H3,(H,19,21)/t14-/m0/s1. The van der Waals surface area contributed by atoms with Gasteiger partial charge < -0.3 is 5.32 Å². The van der Waals surface area contributed by atoms with Crippen LogP contribution in [0, 0.1) is 0 Å². The zero-order chi connectivity index (χ0) is 17.7.